The van der Waals surface area contributed by atoms with Crippen LogP contribution in [-0.4, -0.2) is 66.0 Å². The molecule has 0 atom stereocenters. The molecule has 2 heterocycles. The van der Waals surface area contributed by atoms with Crippen LogP contribution in [0.5, 0.6) is 0 Å². The lowest BCUT2D eigenvalue weighted by atomic mass is 10.00. The van der Waals surface area contributed by atoms with Crippen LogP contribution in [0.15, 0.2) is 53.7 Å². The molecule has 1 N–H and O–H groups in total. The van der Waals surface area contributed by atoms with Crippen LogP contribution in [-0.2, 0) is 20.8 Å². The third-order valence-corrected chi connectivity index (χ3v) is 5.96. The Labute approximate surface area is 193 Å². The molecule has 2 aromatic rings. The maximum absolute atomic E-state index is 13.0. The smallest absolute Gasteiger partial charge is 0.331 e. The third-order valence-electron chi connectivity index (χ3n) is 5.96. The zero-order valence-electron chi connectivity index (χ0n) is 18.8. The molecule has 0 radical (unpaired) electrons. The molecule has 33 heavy (non-hydrogen) atoms. The highest BCUT2D eigenvalue weighted by Gasteiger charge is 2.24. The molecule has 2 aliphatic heterocycles. The molecule has 172 valence electrons. The molecule has 0 saturated carbocycles. The summed E-state index contributed by atoms with van der Waals surface area (Å²) in [5.74, 6) is -0.401. The monoisotopic (exact) mass is 448 g/mol. The van der Waals surface area contributed by atoms with E-state index in [-0.39, 0.29) is 11.8 Å². The van der Waals surface area contributed by atoms with Gasteiger partial charge in [-0.05, 0) is 35.7 Å². The van der Waals surface area contributed by atoms with Crippen molar-refractivity contribution in [1.82, 2.24) is 9.80 Å². The molecule has 8 nitrogen and oxygen atoms in total. The number of piperazine rings is 1. The van der Waals surface area contributed by atoms with Gasteiger partial charge in [0, 0.05) is 63.7 Å². The lowest BCUT2D eigenvalue weighted by Gasteiger charge is -2.35. The van der Waals surface area contributed by atoms with Gasteiger partial charge in [-0.1, -0.05) is 35.5 Å². The highest BCUT2D eigenvalue weighted by atomic mass is 16.7. The second-order valence-electron chi connectivity index (χ2n) is 8.29. The van der Waals surface area contributed by atoms with Crippen molar-refractivity contribution in [2.45, 2.75) is 26.2 Å². The number of amides is 2. The largest absolute Gasteiger partial charge is 0.336 e. The minimum Gasteiger partial charge on any atom is -0.336 e. The number of anilines is 1. The predicted octanol–water partition coefficient (Wildman–Crippen LogP) is 2.69. The Morgan fingerprint density at radius 3 is 2.48 bits per heavy atom. The normalized spacial score (nSPS) is 16.7. The number of rotatable bonds is 6. The lowest BCUT2D eigenvalue weighted by Crippen LogP contribution is -2.49. The van der Waals surface area contributed by atoms with Gasteiger partial charge in [0.25, 0.3) is 5.91 Å². The van der Waals surface area contributed by atoms with Gasteiger partial charge in [-0.25, -0.2) is 4.79 Å². The van der Waals surface area contributed by atoms with Crippen LogP contribution in [0.3, 0.4) is 0 Å². The fraction of sp³-hybridized carbons (Fsp3) is 0.360. The van der Waals surface area contributed by atoms with E-state index >= 15 is 0 Å². The second-order valence-corrected chi connectivity index (χ2v) is 8.29. The van der Waals surface area contributed by atoms with Gasteiger partial charge in [-0.2, -0.15) is 0 Å². The average Bonchev–Trinajstić information content (AvgIpc) is 2.84. The first kappa shape index (κ1) is 22.7. The number of benzene rings is 2. The molecule has 1 saturated heterocycles. The minimum atomic E-state index is -0.444. The van der Waals surface area contributed by atoms with Crippen molar-refractivity contribution in [2.75, 3.05) is 38.0 Å². The van der Waals surface area contributed by atoms with Crippen molar-refractivity contribution in [3.8, 4) is 0 Å². The van der Waals surface area contributed by atoms with E-state index in [9.17, 15) is 14.4 Å². The Bertz CT molecular complexity index is 1060. The maximum atomic E-state index is 13.0. The lowest BCUT2D eigenvalue weighted by molar-refractivity contribution is -0.140. The summed E-state index contributed by atoms with van der Waals surface area (Å²) in [5.41, 5.74) is 4.14. The van der Waals surface area contributed by atoms with Crippen molar-refractivity contribution in [3.05, 3.63) is 65.2 Å². The number of carbonyl (C=O) groups excluding carboxylic acids is 3. The van der Waals surface area contributed by atoms with E-state index in [1.807, 2.05) is 47.4 Å². The molecule has 1 fully saturated rings. The fourth-order valence-electron chi connectivity index (χ4n) is 4.13. The van der Waals surface area contributed by atoms with Crippen LogP contribution in [0.25, 0.3) is 0 Å². The average molecular weight is 449 g/mol. The number of nitrogens with one attached hydrogen (secondary N) is 1. The highest BCUT2D eigenvalue weighted by Crippen LogP contribution is 2.24. The minimum absolute atomic E-state index is 0.0195. The highest BCUT2D eigenvalue weighted by molar-refractivity contribution is 6.00. The maximum Gasteiger partial charge on any atom is 0.331 e. The number of hydrogen-bond acceptors (Lipinski definition) is 6. The van der Waals surface area contributed by atoms with E-state index in [0.29, 0.717) is 37.9 Å². The SMILES string of the molecule is CC(=O)ON=C(CCN1CCN(C(=O)c2ccc3c(c2)CCC(=O)N3)CC1)c1ccccc1. The van der Waals surface area contributed by atoms with Gasteiger partial charge in [0.1, 0.15) is 0 Å². The van der Waals surface area contributed by atoms with Crippen molar-refractivity contribution >= 4 is 29.2 Å². The number of fused-ring (bicyclic) bond motifs is 1. The summed E-state index contributed by atoms with van der Waals surface area (Å²) < 4.78 is 0. The number of carbonyl (C=O) groups is 3. The summed E-state index contributed by atoms with van der Waals surface area (Å²) >= 11 is 0. The summed E-state index contributed by atoms with van der Waals surface area (Å²) in [6.07, 6.45) is 1.76. The van der Waals surface area contributed by atoms with Crippen LogP contribution in [0.1, 0.15) is 41.3 Å². The quantitative estimate of drug-likeness (QED) is 0.417. The van der Waals surface area contributed by atoms with E-state index in [0.717, 1.165) is 42.2 Å². The zero-order valence-corrected chi connectivity index (χ0v) is 18.8. The topological polar surface area (TPSA) is 91.3 Å². The Hall–Kier alpha value is -3.52. The molecule has 2 aliphatic rings. The van der Waals surface area contributed by atoms with Crippen LogP contribution in [0.4, 0.5) is 5.69 Å². The number of hydrogen-bond donors (Lipinski definition) is 1. The molecule has 0 aromatic heterocycles. The van der Waals surface area contributed by atoms with Gasteiger partial charge in [-0.15, -0.1) is 0 Å². The zero-order chi connectivity index (χ0) is 23.2. The Kier molecular flexibility index (Phi) is 7.14. The van der Waals surface area contributed by atoms with Crippen molar-refractivity contribution in [2.24, 2.45) is 5.16 Å². The number of aryl methyl sites for hydroxylation is 1. The standard InChI is InChI=1S/C25H28N4O4/c1-18(30)33-27-23(19-5-3-2-4-6-19)11-12-28-13-15-29(16-14-28)25(32)21-7-9-22-20(17-21)8-10-24(31)26-22/h2-7,9,17H,8,10-16H2,1H3,(H,26,31). The molecular formula is C25H28N4O4. The summed E-state index contributed by atoms with van der Waals surface area (Å²) in [4.78, 5) is 44.8. The first-order valence-electron chi connectivity index (χ1n) is 11.2. The van der Waals surface area contributed by atoms with Crippen LogP contribution >= 0.6 is 0 Å². The fourth-order valence-corrected chi connectivity index (χ4v) is 4.13. The van der Waals surface area contributed by atoms with Crippen molar-refractivity contribution < 1.29 is 19.2 Å². The molecular weight excluding hydrogens is 420 g/mol. The summed E-state index contributed by atoms with van der Waals surface area (Å²) in [6, 6.07) is 15.2. The molecule has 0 unspecified atom stereocenters. The van der Waals surface area contributed by atoms with Crippen molar-refractivity contribution in [3.63, 3.8) is 0 Å². The molecule has 2 aromatic carbocycles. The van der Waals surface area contributed by atoms with Crippen molar-refractivity contribution in [1.29, 1.82) is 0 Å². The van der Waals surface area contributed by atoms with Crippen LogP contribution in [0.2, 0.25) is 0 Å². The number of nitrogens with zero attached hydrogens (tertiary/aromatic N) is 3. The van der Waals surface area contributed by atoms with Gasteiger partial charge in [0.05, 0.1) is 5.71 Å². The molecule has 0 aliphatic carbocycles. The molecule has 0 bridgehead atoms. The first-order valence-corrected chi connectivity index (χ1v) is 11.2. The summed E-state index contributed by atoms with van der Waals surface area (Å²) in [6.45, 7) is 4.92. The van der Waals surface area contributed by atoms with Gasteiger partial charge in [0.15, 0.2) is 0 Å². The Morgan fingerprint density at radius 1 is 1.00 bits per heavy atom. The Morgan fingerprint density at radius 2 is 1.76 bits per heavy atom. The van der Waals surface area contributed by atoms with E-state index in [1.54, 1.807) is 6.07 Å². The second kappa shape index (κ2) is 10.4. The molecule has 2 amide bonds. The van der Waals surface area contributed by atoms with Crippen LogP contribution in [0, 0.1) is 0 Å². The molecule has 4 rings (SSSR count). The Balaban J connectivity index is 1.32. The molecule has 8 heteroatoms. The van der Waals surface area contributed by atoms with Gasteiger partial charge < -0.3 is 15.1 Å². The van der Waals surface area contributed by atoms with E-state index in [1.165, 1.54) is 6.92 Å². The van der Waals surface area contributed by atoms with E-state index < -0.39 is 5.97 Å². The van der Waals surface area contributed by atoms with E-state index in [2.05, 4.69) is 15.4 Å². The first-order chi connectivity index (χ1) is 16.0. The summed E-state index contributed by atoms with van der Waals surface area (Å²) in [7, 11) is 0. The molecule has 0 spiro atoms. The number of oxime groups is 1. The van der Waals surface area contributed by atoms with Crippen LogP contribution < -0.4 is 5.32 Å². The van der Waals surface area contributed by atoms with E-state index in [4.69, 9.17) is 4.84 Å². The van der Waals surface area contributed by atoms with Gasteiger partial charge in [-0.3, -0.25) is 14.5 Å². The van der Waals surface area contributed by atoms with Gasteiger partial charge >= 0.3 is 5.97 Å². The van der Waals surface area contributed by atoms with Gasteiger partial charge in [0.2, 0.25) is 5.91 Å². The summed E-state index contributed by atoms with van der Waals surface area (Å²) in [5, 5.41) is 6.90. The predicted molar refractivity (Wildman–Crippen MR) is 125 cm³/mol. The third kappa shape index (κ3) is 5.84.